The van der Waals surface area contributed by atoms with E-state index in [1.807, 2.05) is 30.7 Å². The van der Waals surface area contributed by atoms with Gasteiger partial charge in [0, 0.05) is 44.7 Å². The Kier molecular flexibility index (Phi) is 8.99. The molecule has 3 saturated heterocycles. The van der Waals surface area contributed by atoms with Crippen molar-refractivity contribution in [3.05, 3.63) is 23.8 Å². The highest BCUT2D eigenvalue weighted by Crippen LogP contribution is 2.33. The lowest BCUT2D eigenvalue weighted by molar-refractivity contribution is -0.120. The molecule has 0 bridgehead atoms. The minimum Gasteiger partial charge on any atom is -0.495 e. The van der Waals surface area contributed by atoms with Gasteiger partial charge in [0.2, 0.25) is 5.91 Å². The summed E-state index contributed by atoms with van der Waals surface area (Å²) < 4.78 is 10.8. The second-order valence-electron chi connectivity index (χ2n) is 11.7. The second kappa shape index (κ2) is 12.2. The van der Waals surface area contributed by atoms with Crippen LogP contribution >= 0.6 is 0 Å². The molecule has 3 aliphatic rings. The molecule has 0 unspecified atom stereocenters. The molecule has 4 rings (SSSR count). The highest BCUT2D eigenvalue weighted by Gasteiger charge is 2.30. The smallest absolute Gasteiger partial charge is 0.422 e. The van der Waals surface area contributed by atoms with Crippen molar-refractivity contribution in [1.29, 1.82) is 0 Å². The Bertz CT molecular complexity index is 1070. The number of imide groups is 1. The van der Waals surface area contributed by atoms with Crippen molar-refractivity contribution in [2.45, 2.75) is 64.9 Å². The quantitative estimate of drug-likeness (QED) is 0.563. The van der Waals surface area contributed by atoms with E-state index in [1.54, 1.807) is 18.2 Å². The summed E-state index contributed by atoms with van der Waals surface area (Å²) in [5, 5.41) is 4.26. The fraction of sp³-hybridized carbons (Fsp3) is 0.643. The topological polar surface area (TPSA) is 121 Å². The number of rotatable bonds is 6. The van der Waals surface area contributed by atoms with Gasteiger partial charge in [0.05, 0.1) is 12.8 Å². The van der Waals surface area contributed by atoms with Gasteiger partial charge in [-0.3, -0.25) is 25.2 Å². The van der Waals surface area contributed by atoms with E-state index in [1.165, 1.54) is 12.0 Å². The minimum atomic E-state index is -0.512. The van der Waals surface area contributed by atoms with E-state index in [0.29, 0.717) is 41.9 Å². The van der Waals surface area contributed by atoms with E-state index in [0.717, 1.165) is 45.2 Å². The molecular weight excluding hydrogens is 502 g/mol. The minimum absolute atomic E-state index is 0.0434. The summed E-state index contributed by atoms with van der Waals surface area (Å²) in [6.45, 7) is 8.88. The average molecular weight is 544 g/mol. The van der Waals surface area contributed by atoms with Gasteiger partial charge in [0.25, 0.3) is 5.91 Å². The zero-order valence-corrected chi connectivity index (χ0v) is 23.5. The Balaban J connectivity index is 1.24. The van der Waals surface area contributed by atoms with E-state index in [2.05, 4.69) is 10.7 Å². The molecule has 2 N–H and O–H groups in total. The molecular formula is C28H41N5O6. The summed E-state index contributed by atoms with van der Waals surface area (Å²) in [6, 6.07) is 4.61. The maximum Gasteiger partial charge on any atom is 0.422 e. The van der Waals surface area contributed by atoms with E-state index in [-0.39, 0.29) is 24.8 Å². The zero-order valence-electron chi connectivity index (χ0n) is 23.5. The van der Waals surface area contributed by atoms with Crippen molar-refractivity contribution in [2.75, 3.05) is 44.7 Å². The van der Waals surface area contributed by atoms with E-state index in [9.17, 15) is 19.2 Å². The number of benzene rings is 1. The Morgan fingerprint density at radius 3 is 2.23 bits per heavy atom. The summed E-state index contributed by atoms with van der Waals surface area (Å²) in [5.74, 6) is 1.28. The van der Waals surface area contributed by atoms with Crippen molar-refractivity contribution < 1.29 is 28.7 Å². The number of amides is 5. The second-order valence-corrected chi connectivity index (χ2v) is 11.7. The van der Waals surface area contributed by atoms with Crippen molar-refractivity contribution in [3.63, 3.8) is 0 Å². The zero-order chi connectivity index (χ0) is 28.2. The van der Waals surface area contributed by atoms with Crippen LogP contribution in [0.5, 0.6) is 5.75 Å². The largest absolute Gasteiger partial charge is 0.495 e. The average Bonchev–Trinajstić information content (AvgIpc) is 2.88. The Hall–Kier alpha value is -3.34. The molecule has 39 heavy (non-hydrogen) atoms. The van der Waals surface area contributed by atoms with Crippen LogP contribution in [0.3, 0.4) is 0 Å². The molecule has 3 heterocycles. The summed E-state index contributed by atoms with van der Waals surface area (Å²) in [7, 11) is 1.50. The molecule has 1 aromatic rings. The summed E-state index contributed by atoms with van der Waals surface area (Å²) in [6.07, 6.45) is 4.96. The molecule has 11 nitrogen and oxygen atoms in total. The van der Waals surface area contributed by atoms with Gasteiger partial charge in [-0.2, -0.15) is 0 Å². The molecule has 0 spiro atoms. The molecule has 1 aromatic carbocycles. The van der Waals surface area contributed by atoms with Gasteiger partial charge in [-0.05, 0) is 82.9 Å². The predicted molar refractivity (Wildman–Crippen MR) is 145 cm³/mol. The maximum absolute atomic E-state index is 13.3. The number of anilines is 1. The molecule has 0 radical (unpaired) electrons. The fourth-order valence-electron chi connectivity index (χ4n) is 5.56. The third kappa shape index (κ3) is 7.62. The molecule has 5 amide bonds. The van der Waals surface area contributed by atoms with Crippen LogP contribution in [-0.2, 0) is 9.53 Å². The maximum atomic E-state index is 13.3. The van der Waals surface area contributed by atoms with Crippen LogP contribution in [0.25, 0.3) is 0 Å². The number of likely N-dealkylation sites (tertiary alicyclic amines) is 1. The molecule has 0 atom stereocenters. The SMILES string of the molecule is COc1cc(C(=O)N2CCC(CC3CCN(NC(=O)OC(C)(C)C)CC3)CC2)ccc1N1CCC(=O)NC1=O. The first-order chi connectivity index (χ1) is 18.5. The normalized spacial score (nSPS) is 20.0. The van der Waals surface area contributed by atoms with Crippen LogP contribution in [0.1, 0.15) is 69.7 Å². The standard InChI is InChI=1S/C28H41N5O6/c1-28(2,3)39-27(37)30-32-14-9-20(10-15-32)17-19-7-12-31(13-8-19)25(35)21-5-6-22(23(18-21)38-4)33-16-11-24(34)29-26(33)36/h5-6,18-20H,7-17H2,1-4H3,(H,30,37)(H,29,34,36). The molecule has 11 heteroatoms. The summed E-state index contributed by atoms with van der Waals surface area (Å²) in [5.41, 5.74) is 3.39. The number of nitrogens with one attached hydrogen (secondary N) is 2. The third-order valence-electron chi connectivity index (χ3n) is 7.60. The summed E-state index contributed by atoms with van der Waals surface area (Å²) in [4.78, 5) is 52.4. The number of ether oxygens (including phenoxy) is 2. The van der Waals surface area contributed by atoms with Gasteiger partial charge in [0.1, 0.15) is 11.4 Å². The lowest BCUT2D eigenvalue weighted by Gasteiger charge is -2.37. The number of hydrogen-bond acceptors (Lipinski definition) is 7. The first-order valence-electron chi connectivity index (χ1n) is 13.9. The number of nitrogens with zero attached hydrogens (tertiary/aromatic N) is 3. The van der Waals surface area contributed by atoms with Gasteiger partial charge in [-0.15, -0.1) is 0 Å². The van der Waals surface area contributed by atoms with E-state index >= 15 is 0 Å². The number of hydrazine groups is 1. The van der Waals surface area contributed by atoms with Crippen molar-refractivity contribution in [2.24, 2.45) is 11.8 Å². The van der Waals surface area contributed by atoms with Crippen LogP contribution in [0.15, 0.2) is 18.2 Å². The molecule has 0 aromatic heterocycles. The third-order valence-corrected chi connectivity index (χ3v) is 7.60. The van der Waals surface area contributed by atoms with Crippen molar-refractivity contribution >= 4 is 29.6 Å². The number of methoxy groups -OCH3 is 1. The van der Waals surface area contributed by atoms with Crippen molar-refractivity contribution in [3.8, 4) is 5.75 Å². The van der Waals surface area contributed by atoms with Crippen LogP contribution in [0.2, 0.25) is 0 Å². The van der Waals surface area contributed by atoms with Crippen LogP contribution < -0.4 is 20.4 Å². The number of urea groups is 1. The van der Waals surface area contributed by atoms with Crippen LogP contribution in [0.4, 0.5) is 15.3 Å². The van der Waals surface area contributed by atoms with Gasteiger partial charge in [0.15, 0.2) is 0 Å². The van der Waals surface area contributed by atoms with Crippen LogP contribution in [-0.4, -0.2) is 79.3 Å². The Morgan fingerprint density at radius 2 is 1.64 bits per heavy atom. The molecule has 0 saturated carbocycles. The highest BCUT2D eigenvalue weighted by atomic mass is 16.6. The Labute approximate surface area is 230 Å². The van der Waals surface area contributed by atoms with Gasteiger partial charge < -0.3 is 14.4 Å². The first-order valence-corrected chi connectivity index (χ1v) is 13.9. The lowest BCUT2D eigenvalue weighted by atomic mass is 9.83. The van der Waals surface area contributed by atoms with Gasteiger partial charge in [-0.1, -0.05) is 0 Å². The van der Waals surface area contributed by atoms with Crippen LogP contribution in [0, 0.1) is 11.8 Å². The molecule has 3 aliphatic heterocycles. The number of hydrogen-bond donors (Lipinski definition) is 2. The molecule has 214 valence electrons. The molecule has 3 fully saturated rings. The monoisotopic (exact) mass is 543 g/mol. The summed E-state index contributed by atoms with van der Waals surface area (Å²) >= 11 is 0. The fourth-order valence-corrected chi connectivity index (χ4v) is 5.56. The van der Waals surface area contributed by atoms with E-state index in [4.69, 9.17) is 9.47 Å². The van der Waals surface area contributed by atoms with Gasteiger partial charge >= 0.3 is 12.1 Å². The van der Waals surface area contributed by atoms with Gasteiger partial charge in [-0.25, -0.2) is 14.6 Å². The lowest BCUT2D eigenvalue weighted by Crippen LogP contribution is -2.49. The number of piperidine rings is 2. The van der Waals surface area contributed by atoms with E-state index < -0.39 is 17.7 Å². The number of carbonyl (C=O) groups is 4. The van der Waals surface area contributed by atoms with Crippen molar-refractivity contribution in [1.82, 2.24) is 20.7 Å². The molecule has 0 aliphatic carbocycles. The predicted octanol–water partition coefficient (Wildman–Crippen LogP) is 3.54. The Morgan fingerprint density at radius 1 is 1.00 bits per heavy atom. The number of carbonyl (C=O) groups excluding carboxylic acids is 4. The highest BCUT2D eigenvalue weighted by molar-refractivity contribution is 6.06. The first kappa shape index (κ1) is 28.7.